The molecule has 1 aromatic heterocycles. The van der Waals surface area contributed by atoms with Gasteiger partial charge in [0.05, 0.1) is 11.1 Å². The van der Waals surface area contributed by atoms with E-state index in [4.69, 9.17) is 0 Å². The minimum atomic E-state index is -0.571. The number of anilines is 1. The van der Waals surface area contributed by atoms with Crippen molar-refractivity contribution in [3.8, 4) is 33.5 Å². The van der Waals surface area contributed by atoms with Crippen molar-refractivity contribution in [1.29, 1.82) is 0 Å². The van der Waals surface area contributed by atoms with Gasteiger partial charge < -0.3 is 9.88 Å². The summed E-state index contributed by atoms with van der Waals surface area (Å²) in [5, 5.41) is 0.229. The van der Waals surface area contributed by atoms with Crippen LogP contribution in [0.15, 0.2) is 218 Å². The summed E-state index contributed by atoms with van der Waals surface area (Å²) in [7, 11) is 0. The SMILES string of the molecule is C=C/C=C(C=CN1C2=CCC=C2C2(c3ccccc3-c3ccc(-c4cc(-c5ccccc5)c[nH]4)cc32)c2ccc(SC(C)/C=C\C=C/C)c(C(=C)C=C)c21)\C=C/C. The Bertz CT molecular complexity index is 2620. The summed E-state index contributed by atoms with van der Waals surface area (Å²) in [6.07, 6.45) is 30.7. The van der Waals surface area contributed by atoms with E-state index in [1.54, 1.807) is 0 Å². The predicted octanol–water partition coefficient (Wildman–Crippen LogP) is 14.7. The molecule has 0 radical (unpaired) electrons. The van der Waals surface area contributed by atoms with Crippen LogP contribution < -0.4 is 4.90 Å². The van der Waals surface area contributed by atoms with Crippen LogP contribution in [0.2, 0.25) is 0 Å². The second-order valence-corrected chi connectivity index (χ2v) is 16.0. The Kier molecular flexibility index (Phi) is 10.6. The first kappa shape index (κ1) is 37.6. The van der Waals surface area contributed by atoms with Gasteiger partial charge in [0.1, 0.15) is 0 Å². The van der Waals surface area contributed by atoms with E-state index in [-0.39, 0.29) is 5.25 Å². The zero-order valence-corrected chi connectivity index (χ0v) is 33.8. The summed E-state index contributed by atoms with van der Waals surface area (Å²) in [5.41, 5.74) is 17.1. The number of H-pyrrole nitrogens is 1. The zero-order valence-electron chi connectivity index (χ0n) is 33.0. The average Bonchev–Trinajstić information content (AvgIpc) is 4.00. The van der Waals surface area contributed by atoms with E-state index in [2.05, 4.69) is 195 Å². The molecule has 0 saturated carbocycles. The van der Waals surface area contributed by atoms with Crippen LogP contribution in [0.5, 0.6) is 0 Å². The zero-order chi connectivity index (χ0) is 39.5. The van der Waals surface area contributed by atoms with Crippen LogP contribution in [0.1, 0.15) is 49.4 Å². The highest BCUT2D eigenvalue weighted by Gasteiger charge is 2.54. The Labute approximate surface area is 342 Å². The van der Waals surface area contributed by atoms with Gasteiger partial charge in [-0.05, 0) is 113 Å². The van der Waals surface area contributed by atoms with Crippen molar-refractivity contribution in [1.82, 2.24) is 4.98 Å². The molecule has 2 heterocycles. The lowest BCUT2D eigenvalue weighted by molar-refractivity contribution is 0.726. The standard InChI is InChI=1S/C54H48N2S/c1-7-11-13-21-38(6)57-51-31-30-47-53(52(51)37(5)10-4)56(33-32-39(19-8-2)20-9-3)50-27-18-26-46(50)54(47)45-25-17-16-24-43(45)44-29-28-41(34-48(44)54)49-35-42(36-55-49)40-22-14-12-15-23-40/h7-17,19-36,38,55H,2,4-5,18H2,1,3,6H3/b11-7-,20-9-,21-13-,33-32?,39-19+. The van der Waals surface area contributed by atoms with Crippen molar-refractivity contribution in [3.05, 3.63) is 235 Å². The van der Waals surface area contributed by atoms with Gasteiger partial charge in [-0.3, -0.25) is 0 Å². The van der Waals surface area contributed by atoms with Gasteiger partial charge in [0, 0.05) is 39.5 Å². The van der Waals surface area contributed by atoms with Gasteiger partial charge in [0.2, 0.25) is 0 Å². The lowest BCUT2D eigenvalue weighted by Gasteiger charge is -2.46. The largest absolute Gasteiger partial charge is 0.361 e. The normalized spacial score (nSPS) is 17.6. The molecule has 8 rings (SSSR count). The lowest BCUT2D eigenvalue weighted by Crippen LogP contribution is -2.40. The molecule has 2 atom stereocenters. The number of hydrogen-bond acceptors (Lipinski definition) is 2. The molecule has 4 aromatic carbocycles. The molecular weight excluding hydrogens is 709 g/mol. The minimum Gasteiger partial charge on any atom is -0.361 e. The first-order valence-electron chi connectivity index (χ1n) is 19.7. The van der Waals surface area contributed by atoms with Crippen LogP contribution >= 0.6 is 11.8 Å². The average molecular weight is 757 g/mol. The first-order valence-corrected chi connectivity index (χ1v) is 20.6. The number of thioether (sulfide) groups is 1. The smallest absolute Gasteiger partial charge is 0.0751 e. The van der Waals surface area contributed by atoms with Gasteiger partial charge in [-0.25, -0.2) is 0 Å². The first-order chi connectivity index (χ1) is 27.9. The summed E-state index contributed by atoms with van der Waals surface area (Å²) in [5.74, 6) is 0. The number of rotatable bonds is 12. The molecule has 2 aliphatic carbocycles. The van der Waals surface area contributed by atoms with E-state index in [1.165, 1.54) is 55.1 Å². The van der Waals surface area contributed by atoms with E-state index in [9.17, 15) is 0 Å². The third kappa shape index (κ3) is 6.52. The highest BCUT2D eigenvalue weighted by atomic mass is 32.2. The number of aromatic amines is 1. The van der Waals surface area contributed by atoms with Gasteiger partial charge in [0.15, 0.2) is 0 Å². The number of fused-ring (bicyclic) bond motifs is 9. The molecule has 0 saturated heterocycles. The van der Waals surface area contributed by atoms with E-state index < -0.39 is 5.41 Å². The fraction of sp³-hybridized carbons (Fsp3) is 0.111. The second kappa shape index (κ2) is 16.1. The topological polar surface area (TPSA) is 19.0 Å². The van der Waals surface area contributed by atoms with Gasteiger partial charge in [-0.1, -0.05) is 159 Å². The van der Waals surface area contributed by atoms with Gasteiger partial charge in [-0.15, -0.1) is 11.8 Å². The highest BCUT2D eigenvalue weighted by molar-refractivity contribution is 8.00. The summed E-state index contributed by atoms with van der Waals surface area (Å²) >= 11 is 1.85. The molecule has 57 heavy (non-hydrogen) atoms. The van der Waals surface area contributed by atoms with Gasteiger partial charge in [0.25, 0.3) is 0 Å². The maximum atomic E-state index is 4.67. The molecule has 2 nitrogen and oxygen atoms in total. The molecule has 2 unspecified atom stereocenters. The highest BCUT2D eigenvalue weighted by Crippen LogP contribution is 2.65. The molecule has 1 aliphatic heterocycles. The fourth-order valence-corrected chi connectivity index (χ4v) is 9.81. The quantitative estimate of drug-likeness (QED) is 0.101. The van der Waals surface area contributed by atoms with Crippen molar-refractivity contribution in [2.75, 3.05) is 4.90 Å². The van der Waals surface area contributed by atoms with Crippen molar-refractivity contribution in [3.63, 3.8) is 0 Å². The summed E-state index contributed by atoms with van der Waals surface area (Å²) in [6, 6.07) is 33.6. The van der Waals surface area contributed by atoms with E-state index in [0.717, 1.165) is 40.1 Å². The summed E-state index contributed by atoms with van der Waals surface area (Å²) in [4.78, 5) is 7.21. The van der Waals surface area contributed by atoms with Crippen molar-refractivity contribution >= 4 is 23.0 Å². The molecule has 1 spiro atoms. The van der Waals surface area contributed by atoms with Crippen LogP contribution in [-0.2, 0) is 5.41 Å². The Morgan fingerprint density at radius 3 is 2.40 bits per heavy atom. The van der Waals surface area contributed by atoms with Crippen LogP contribution in [0, 0.1) is 0 Å². The van der Waals surface area contributed by atoms with E-state index in [1.807, 2.05) is 43.8 Å². The van der Waals surface area contributed by atoms with Crippen LogP contribution in [-0.4, -0.2) is 10.2 Å². The number of hydrogen-bond donors (Lipinski definition) is 1. The van der Waals surface area contributed by atoms with Crippen LogP contribution in [0.25, 0.3) is 39.1 Å². The Hall–Kier alpha value is -6.29. The number of nitrogens with one attached hydrogen (secondary N) is 1. The molecule has 0 fully saturated rings. The maximum Gasteiger partial charge on any atom is 0.0751 e. The Balaban J connectivity index is 1.42. The van der Waals surface area contributed by atoms with Crippen molar-refractivity contribution in [2.45, 2.75) is 42.8 Å². The lowest BCUT2D eigenvalue weighted by atomic mass is 9.63. The number of aromatic nitrogens is 1. The van der Waals surface area contributed by atoms with Crippen molar-refractivity contribution in [2.24, 2.45) is 0 Å². The molecular formula is C54H48N2S. The van der Waals surface area contributed by atoms with Gasteiger partial charge >= 0.3 is 0 Å². The van der Waals surface area contributed by atoms with Gasteiger partial charge in [-0.2, -0.15) is 0 Å². The molecule has 3 heteroatoms. The number of nitrogens with zero attached hydrogens (tertiary/aromatic N) is 1. The van der Waals surface area contributed by atoms with E-state index in [0.29, 0.717) is 0 Å². The number of allylic oxidation sites excluding steroid dienone is 14. The Morgan fingerprint density at radius 2 is 1.61 bits per heavy atom. The number of benzene rings is 4. The molecule has 0 bridgehead atoms. The molecule has 5 aromatic rings. The monoisotopic (exact) mass is 756 g/mol. The predicted molar refractivity (Wildman–Crippen MR) is 247 cm³/mol. The third-order valence-electron chi connectivity index (χ3n) is 11.2. The third-order valence-corrected chi connectivity index (χ3v) is 12.3. The molecule has 280 valence electrons. The molecule has 3 aliphatic rings. The van der Waals surface area contributed by atoms with Crippen LogP contribution in [0.4, 0.5) is 5.69 Å². The molecule has 0 amide bonds. The fourth-order valence-electron chi connectivity index (χ4n) is 8.75. The summed E-state index contributed by atoms with van der Waals surface area (Å²) in [6.45, 7) is 19.3. The second-order valence-electron chi connectivity index (χ2n) is 14.6. The maximum absolute atomic E-state index is 4.67. The van der Waals surface area contributed by atoms with Crippen LogP contribution in [0.3, 0.4) is 0 Å². The van der Waals surface area contributed by atoms with Crippen molar-refractivity contribution < 1.29 is 0 Å². The minimum absolute atomic E-state index is 0.229. The molecule has 1 N–H and O–H groups in total. The summed E-state index contributed by atoms with van der Waals surface area (Å²) < 4.78 is 0. The van der Waals surface area contributed by atoms with E-state index >= 15 is 0 Å². The Morgan fingerprint density at radius 1 is 0.807 bits per heavy atom.